The summed E-state index contributed by atoms with van der Waals surface area (Å²) in [5.41, 5.74) is 0.613. The van der Waals surface area contributed by atoms with E-state index in [1.54, 1.807) is 6.92 Å². The smallest absolute Gasteiger partial charge is 0.163 e. The van der Waals surface area contributed by atoms with Gasteiger partial charge in [0.05, 0.1) is 0 Å². The van der Waals surface area contributed by atoms with Gasteiger partial charge in [-0.15, -0.1) is 0 Å². The number of hydrogen-bond acceptors (Lipinski definition) is 3. The van der Waals surface area contributed by atoms with E-state index in [9.17, 15) is 9.59 Å². The average Bonchev–Trinajstić information content (AvgIpc) is 2.75. The summed E-state index contributed by atoms with van der Waals surface area (Å²) in [4.78, 5) is 22.8. The lowest BCUT2D eigenvalue weighted by Crippen LogP contribution is -2.29. The largest absolute Gasteiger partial charge is 0.308 e. The van der Waals surface area contributed by atoms with Crippen LogP contribution >= 0.6 is 0 Å². The molecule has 3 nitrogen and oxygen atoms in total. The SMILES string of the molecule is CC1=CC(=O)CC(C2NC2C)C1=O. The second-order valence-corrected chi connectivity index (χ2v) is 3.95. The van der Waals surface area contributed by atoms with Crippen LogP contribution in [0.5, 0.6) is 0 Å². The second-order valence-electron chi connectivity index (χ2n) is 3.95. The van der Waals surface area contributed by atoms with Gasteiger partial charge in [0.25, 0.3) is 0 Å². The lowest BCUT2D eigenvalue weighted by molar-refractivity contribution is -0.125. The fourth-order valence-corrected chi connectivity index (χ4v) is 1.98. The molecule has 3 unspecified atom stereocenters. The predicted octanol–water partition coefficient (Wildman–Crippen LogP) is 0.451. The molecule has 0 bridgehead atoms. The first-order valence-corrected chi connectivity index (χ1v) is 4.61. The normalized spacial score (nSPS) is 38.9. The van der Waals surface area contributed by atoms with Gasteiger partial charge in [-0.25, -0.2) is 0 Å². The highest BCUT2D eigenvalue weighted by molar-refractivity contribution is 6.09. The van der Waals surface area contributed by atoms with Crippen molar-refractivity contribution in [1.82, 2.24) is 5.32 Å². The van der Waals surface area contributed by atoms with E-state index in [1.807, 2.05) is 6.92 Å². The highest BCUT2D eigenvalue weighted by Gasteiger charge is 2.44. The number of allylic oxidation sites excluding steroid dienone is 2. The van der Waals surface area contributed by atoms with Gasteiger partial charge >= 0.3 is 0 Å². The third-order valence-electron chi connectivity index (χ3n) is 2.84. The minimum absolute atomic E-state index is 0.0861. The molecular weight excluding hydrogens is 166 g/mol. The van der Waals surface area contributed by atoms with Crippen LogP contribution < -0.4 is 5.32 Å². The molecule has 1 aliphatic carbocycles. The molecule has 0 aromatic carbocycles. The maximum absolute atomic E-state index is 11.6. The molecule has 0 spiro atoms. The molecule has 0 aromatic rings. The van der Waals surface area contributed by atoms with E-state index >= 15 is 0 Å². The molecule has 0 amide bonds. The van der Waals surface area contributed by atoms with E-state index in [0.717, 1.165) is 0 Å². The summed E-state index contributed by atoms with van der Waals surface area (Å²) in [6, 6.07) is 0.632. The van der Waals surface area contributed by atoms with Crippen molar-refractivity contribution < 1.29 is 9.59 Å². The van der Waals surface area contributed by atoms with Crippen LogP contribution in [-0.4, -0.2) is 23.7 Å². The molecule has 3 atom stereocenters. The van der Waals surface area contributed by atoms with Crippen LogP contribution in [0.2, 0.25) is 0 Å². The molecule has 0 saturated carbocycles. The minimum atomic E-state index is -0.104. The molecule has 1 saturated heterocycles. The number of hydrogen-bond donors (Lipinski definition) is 1. The zero-order chi connectivity index (χ0) is 9.59. The first-order valence-electron chi connectivity index (χ1n) is 4.61. The van der Waals surface area contributed by atoms with Crippen LogP contribution in [0.25, 0.3) is 0 Å². The maximum atomic E-state index is 11.6. The van der Waals surface area contributed by atoms with Gasteiger partial charge < -0.3 is 5.32 Å². The van der Waals surface area contributed by atoms with Crippen molar-refractivity contribution in [3.05, 3.63) is 11.6 Å². The Balaban J connectivity index is 2.18. The predicted molar refractivity (Wildman–Crippen MR) is 48.3 cm³/mol. The molecule has 1 aliphatic heterocycles. The van der Waals surface area contributed by atoms with E-state index in [4.69, 9.17) is 0 Å². The van der Waals surface area contributed by atoms with E-state index in [-0.39, 0.29) is 23.5 Å². The van der Waals surface area contributed by atoms with Crippen LogP contribution in [0.4, 0.5) is 0 Å². The van der Waals surface area contributed by atoms with Gasteiger partial charge in [0.2, 0.25) is 0 Å². The fourth-order valence-electron chi connectivity index (χ4n) is 1.98. The van der Waals surface area contributed by atoms with E-state index in [1.165, 1.54) is 6.08 Å². The average molecular weight is 179 g/mol. The van der Waals surface area contributed by atoms with Crippen molar-refractivity contribution in [2.75, 3.05) is 0 Å². The maximum Gasteiger partial charge on any atom is 0.163 e. The standard InChI is InChI=1S/C10H13NO2/c1-5-3-7(12)4-8(10(5)13)9-6(2)11-9/h3,6,8-9,11H,4H2,1-2H3. The van der Waals surface area contributed by atoms with Crippen LogP contribution in [0.15, 0.2) is 11.6 Å². The third-order valence-corrected chi connectivity index (χ3v) is 2.84. The van der Waals surface area contributed by atoms with Crippen molar-refractivity contribution in [2.24, 2.45) is 5.92 Å². The van der Waals surface area contributed by atoms with Crippen LogP contribution in [0.3, 0.4) is 0 Å². The zero-order valence-corrected chi connectivity index (χ0v) is 7.83. The first kappa shape index (κ1) is 8.63. The number of ketones is 2. The quantitative estimate of drug-likeness (QED) is 0.595. The Morgan fingerprint density at radius 2 is 2.08 bits per heavy atom. The molecule has 0 aromatic heterocycles. The first-order chi connectivity index (χ1) is 6.09. The number of Topliss-reactive ketones (excluding diaryl/α,β-unsaturated/α-hetero) is 1. The Labute approximate surface area is 77.2 Å². The summed E-state index contributed by atoms with van der Waals surface area (Å²) in [6.07, 6.45) is 1.85. The molecule has 2 rings (SSSR count). The number of rotatable bonds is 1. The van der Waals surface area contributed by atoms with Gasteiger partial charge in [0, 0.05) is 24.4 Å². The summed E-state index contributed by atoms with van der Waals surface area (Å²) in [5.74, 6) is 0.122. The van der Waals surface area contributed by atoms with Gasteiger partial charge in [0.1, 0.15) is 0 Å². The topological polar surface area (TPSA) is 56.1 Å². The molecule has 0 radical (unpaired) electrons. The van der Waals surface area contributed by atoms with Gasteiger partial charge in [-0.2, -0.15) is 0 Å². The Hall–Kier alpha value is -0.960. The Morgan fingerprint density at radius 3 is 2.62 bits per heavy atom. The lowest BCUT2D eigenvalue weighted by Gasteiger charge is -2.17. The van der Waals surface area contributed by atoms with E-state index < -0.39 is 0 Å². The summed E-state index contributed by atoms with van der Waals surface area (Å²) in [7, 11) is 0. The molecule has 70 valence electrons. The van der Waals surface area contributed by atoms with Gasteiger partial charge in [0.15, 0.2) is 11.6 Å². The summed E-state index contributed by atoms with van der Waals surface area (Å²) >= 11 is 0. The highest BCUT2D eigenvalue weighted by Crippen LogP contribution is 2.29. The zero-order valence-electron chi connectivity index (χ0n) is 7.83. The van der Waals surface area contributed by atoms with Gasteiger partial charge in [-0.3, -0.25) is 9.59 Å². The summed E-state index contributed by atoms with van der Waals surface area (Å²) in [6.45, 7) is 3.76. The monoisotopic (exact) mass is 179 g/mol. The molecule has 2 aliphatic rings. The summed E-state index contributed by atoms with van der Waals surface area (Å²) < 4.78 is 0. The lowest BCUT2D eigenvalue weighted by atomic mass is 9.84. The molecule has 13 heavy (non-hydrogen) atoms. The Kier molecular flexibility index (Phi) is 1.84. The minimum Gasteiger partial charge on any atom is -0.308 e. The second kappa shape index (κ2) is 2.77. The molecule has 1 N–H and O–H groups in total. The van der Waals surface area contributed by atoms with Crippen molar-refractivity contribution in [3.63, 3.8) is 0 Å². The third kappa shape index (κ3) is 1.44. The molecule has 3 heteroatoms. The van der Waals surface area contributed by atoms with Crippen LogP contribution in [0, 0.1) is 5.92 Å². The van der Waals surface area contributed by atoms with Crippen molar-refractivity contribution >= 4 is 11.6 Å². The number of carbonyl (C=O) groups excluding carboxylic acids is 2. The van der Waals surface area contributed by atoms with Crippen molar-refractivity contribution in [2.45, 2.75) is 32.4 Å². The van der Waals surface area contributed by atoms with Gasteiger partial charge in [-0.1, -0.05) is 0 Å². The highest BCUT2D eigenvalue weighted by atomic mass is 16.1. The molecular formula is C10H13NO2. The fraction of sp³-hybridized carbons (Fsp3) is 0.600. The Morgan fingerprint density at radius 1 is 1.46 bits per heavy atom. The van der Waals surface area contributed by atoms with Crippen LogP contribution in [0.1, 0.15) is 20.3 Å². The van der Waals surface area contributed by atoms with E-state index in [0.29, 0.717) is 18.0 Å². The van der Waals surface area contributed by atoms with E-state index in [2.05, 4.69) is 5.32 Å². The van der Waals surface area contributed by atoms with Crippen molar-refractivity contribution in [3.8, 4) is 0 Å². The Bertz CT molecular complexity index is 306. The van der Waals surface area contributed by atoms with Gasteiger partial charge in [-0.05, 0) is 25.5 Å². The molecule has 1 fully saturated rings. The van der Waals surface area contributed by atoms with Crippen LogP contribution in [-0.2, 0) is 9.59 Å². The summed E-state index contributed by atoms with van der Waals surface area (Å²) in [5, 5.41) is 3.17. The van der Waals surface area contributed by atoms with Crippen molar-refractivity contribution in [1.29, 1.82) is 0 Å². The number of nitrogens with one attached hydrogen (secondary N) is 1. The molecule has 1 heterocycles. The number of carbonyl (C=O) groups is 2.